The molecule has 78 valence electrons. The second-order valence-corrected chi connectivity index (χ2v) is 3.39. The van der Waals surface area contributed by atoms with Crippen molar-refractivity contribution in [2.24, 2.45) is 5.73 Å². The van der Waals surface area contributed by atoms with Gasteiger partial charge in [0.25, 0.3) is 0 Å². The Bertz CT molecular complexity index is 489. The van der Waals surface area contributed by atoms with Crippen molar-refractivity contribution in [1.29, 1.82) is 0 Å². The van der Waals surface area contributed by atoms with Crippen molar-refractivity contribution in [2.75, 3.05) is 0 Å². The molecule has 0 fully saturated rings. The summed E-state index contributed by atoms with van der Waals surface area (Å²) < 4.78 is 5.29. The topological polar surface area (TPSA) is 76.5 Å². The molecule has 15 heavy (non-hydrogen) atoms. The van der Waals surface area contributed by atoms with Crippen molar-refractivity contribution >= 4 is 16.7 Å². The standard InChI is InChI=1S/C11H11NO3/c12-9(11(13)14)5-10-8-4-2-1-3-7(8)6-15-10/h1-4,6,9H,5,12H2,(H,13,14). The average Bonchev–Trinajstić information content (AvgIpc) is 2.62. The van der Waals surface area contributed by atoms with E-state index in [-0.39, 0.29) is 6.42 Å². The molecule has 2 rings (SSSR count). The largest absolute Gasteiger partial charge is 0.480 e. The zero-order chi connectivity index (χ0) is 10.8. The van der Waals surface area contributed by atoms with Crippen molar-refractivity contribution < 1.29 is 14.3 Å². The number of carbonyl (C=O) groups is 1. The number of furan rings is 1. The van der Waals surface area contributed by atoms with E-state index in [2.05, 4.69) is 0 Å². The van der Waals surface area contributed by atoms with Crippen LogP contribution in [-0.4, -0.2) is 17.1 Å². The van der Waals surface area contributed by atoms with Crippen LogP contribution in [-0.2, 0) is 11.2 Å². The van der Waals surface area contributed by atoms with Crippen LogP contribution in [0.1, 0.15) is 5.76 Å². The molecule has 2 aromatic rings. The van der Waals surface area contributed by atoms with E-state index in [9.17, 15) is 4.79 Å². The van der Waals surface area contributed by atoms with E-state index < -0.39 is 12.0 Å². The monoisotopic (exact) mass is 205 g/mol. The minimum atomic E-state index is -1.02. The van der Waals surface area contributed by atoms with Gasteiger partial charge in [-0.15, -0.1) is 0 Å². The van der Waals surface area contributed by atoms with Gasteiger partial charge < -0.3 is 15.3 Å². The molecule has 0 saturated heterocycles. The van der Waals surface area contributed by atoms with Gasteiger partial charge in [-0.2, -0.15) is 0 Å². The molecule has 0 bridgehead atoms. The molecule has 1 unspecified atom stereocenters. The highest BCUT2D eigenvalue weighted by Gasteiger charge is 2.16. The number of benzene rings is 1. The Labute approximate surface area is 86.3 Å². The van der Waals surface area contributed by atoms with Gasteiger partial charge in [0.15, 0.2) is 0 Å². The third-order valence-corrected chi connectivity index (χ3v) is 2.31. The SMILES string of the molecule is NC(Cc1occ2ccccc12)C(=O)O. The minimum Gasteiger partial charge on any atom is -0.480 e. The van der Waals surface area contributed by atoms with E-state index in [1.165, 1.54) is 0 Å². The summed E-state index contributed by atoms with van der Waals surface area (Å²) in [4.78, 5) is 10.6. The van der Waals surface area contributed by atoms with Crippen LogP contribution in [0, 0.1) is 0 Å². The fourth-order valence-electron chi connectivity index (χ4n) is 1.50. The molecular weight excluding hydrogens is 194 g/mol. The van der Waals surface area contributed by atoms with Crippen LogP contribution in [0.2, 0.25) is 0 Å². The van der Waals surface area contributed by atoms with Crippen LogP contribution in [0.25, 0.3) is 10.8 Å². The third-order valence-electron chi connectivity index (χ3n) is 2.31. The first-order chi connectivity index (χ1) is 7.18. The smallest absolute Gasteiger partial charge is 0.320 e. The maximum Gasteiger partial charge on any atom is 0.320 e. The fourth-order valence-corrected chi connectivity index (χ4v) is 1.50. The number of hydrogen-bond donors (Lipinski definition) is 2. The predicted molar refractivity (Wildman–Crippen MR) is 55.5 cm³/mol. The van der Waals surface area contributed by atoms with Gasteiger partial charge in [-0.1, -0.05) is 24.3 Å². The summed E-state index contributed by atoms with van der Waals surface area (Å²) >= 11 is 0. The van der Waals surface area contributed by atoms with Gasteiger partial charge in [0, 0.05) is 17.2 Å². The quantitative estimate of drug-likeness (QED) is 0.793. The molecule has 0 saturated carbocycles. The summed E-state index contributed by atoms with van der Waals surface area (Å²) in [6.07, 6.45) is 1.82. The first-order valence-electron chi connectivity index (χ1n) is 4.62. The molecule has 0 amide bonds. The number of carboxylic acid groups (broad SMARTS) is 1. The number of rotatable bonds is 3. The van der Waals surface area contributed by atoms with Crippen molar-refractivity contribution in [3.05, 3.63) is 36.3 Å². The molecule has 1 aromatic heterocycles. The Morgan fingerprint density at radius 3 is 2.93 bits per heavy atom. The van der Waals surface area contributed by atoms with Crippen LogP contribution in [0.15, 0.2) is 34.9 Å². The second kappa shape index (κ2) is 3.74. The van der Waals surface area contributed by atoms with Crippen molar-refractivity contribution in [2.45, 2.75) is 12.5 Å². The van der Waals surface area contributed by atoms with Gasteiger partial charge >= 0.3 is 5.97 Å². The zero-order valence-electron chi connectivity index (χ0n) is 8.01. The van der Waals surface area contributed by atoms with E-state index in [1.807, 2.05) is 24.3 Å². The lowest BCUT2D eigenvalue weighted by atomic mass is 10.1. The summed E-state index contributed by atoms with van der Waals surface area (Å²) in [5, 5.41) is 10.6. The van der Waals surface area contributed by atoms with Gasteiger partial charge in [0.05, 0.1) is 6.26 Å². The molecule has 3 N–H and O–H groups in total. The number of aliphatic carboxylic acids is 1. The number of carboxylic acids is 1. The van der Waals surface area contributed by atoms with Gasteiger partial charge in [-0.05, 0) is 0 Å². The minimum absolute atomic E-state index is 0.211. The maximum absolute atomic E-state index is 10.6. The van der Waals surface area contributed by atoms with E-state index in [0.29, 0.717) is 5.76 Å². The van der Waals surface area contributed by atoms with E-state index in [1.54, 1.807) is 6.26 Å². The Hall–Kier alpha value is -1.81. The Balaban J connectivity index is 2.32. The van der Waals surface area contributed by atoms with Crippen LogP contribution >= 0.6 is 0 Å². The number of nitrogens with two attached hydrogens (primary N) is 1. The summed E-state index contributed by atoms with van der Waals surface area (Å²) in [7, 11) is 0. The highest BCUT2D eigenvalue weighted by molar-refractivity contribution is 5.84. The predicted octanol–water partition coefficient (Wildman–Crippen LogP) is 1.39. The fraction of sp³-hybridized carbons (Fsp3) is 0.182. The second-order valence-electron chi connectivity index (χ2n) is 3.39. The average molecular weight is 205 g/mol. The van der Waals surface area contributed by atoms with Crippen molar-refractivity contribution in [3.63, 3.8) is 0 Å². The Kier molecular flexibility index (Phi) is 2.43. The lowest BCUT2D eigenvalue weighted by Gasteiger charge is -2.03. The first kappa shape index (κ1) is 9.73. The molecule has 1 heterocycles. The maximum atomic E-state index is 10.6. The summed E-state index contributed by atoms with van der Waals surface area (Å²) in [5.74, 6) is -0.393. The van der Waals surface area contributed by atoms with Crippen molar-refractivity contribution in [1.82, 2.24) is 0 Å². The van der Waals surface area contributed by atoms with Crippen molar-refractivity contribution in [3.8, 4) is 0 Å². The van der Waals surface area contributed by atoms with E-state index in [0.717, 1.165) is 10.8 Å². The van der Waals surface area contributed by atoms with Crippen LogP contribution < -0.4 is 5.73 Å². The lowest BCUT2D eigenvalue weighted by Crippen LogP contribution is -2.32. The highest BCUT2D eigenvalue weighted by Crippen LogP contribution is 2.21. The summed E-state index contributed by atoms with van der Waals surface area (Å²) in [5.41, 5.74) is 5.44. The van der Waals surface area contributed by atoms with Gasteiger partial charge in [-0.3, -0.25) is 4.79 Å². The third kappa shape index (κ3) is 1.85. The summed E-state index contributed by atoms with van der Waals surface area (Å²) in [6, 6.07) is 6.67. The molecule has 4 nitrogen and oxygen atoms in total. The molecule has 0 aliphatic heterocycles. The zero-order valence-corrected chi connectivity index (χ0v) is 8.01. The van der Waals surface area contributed by atoms with E-state index >= 15 is 0 Å². The molecule has 0 aliphatic carbocycles. The molecule has 1 aromatic carbocycles. The molecule has 0 spiro atoms. The van der Waals surface area contributed by atoms with Crippen LogP contribution in [0.3, 0.4) is 0 Å². The first-order valence-corrected chi connectivity index (χ1v) is 4.62. The molecule has 0 aliphatic rings. The lowest BCUT2D eigenvalue weighted by molar-refractivity contribution is -0.138. The molecule has 0 radical (unpaired) electrons. The molecule has 4 heteroatoms. The molecule has 1 atom stereocenters. The van der Waals surface area contributed by atoms with Gasteiger partial charge in [-0.25, -0.2) is 0 Å². The van der Waals surface area contributed by atoms with E-state index in [4.69, 9.17) is 15.3 Å². The van der Waals surface area contributed by atoms with Crippen LogP contribution in [0.4, 0.5) is 0 Å². The highest BCUT2D eigenvalue weighted by atomic mass is 16.4. The Morgan fingerprint density at radius 2 is 2.20 bits per heavy atom. The summed E-state index contributed by atoms with van der Waals surface area (Å²) in [6.45, 7) is 0. The Morgan fingerprint density at radius 1 is 1.47 bits per heavy atom. The van der Waals surface area contributed by atoms with Gasteiger partial charge in [0.1, 0.15) is 11.8 Å². The molecular formula is C11H11NO3. The van der Waals surface area contributed by atoms with Gasteiger partial charge in [0.2, 0.25) is 0 Å². The number of hydrogen-bond acceptors (Lipinski definition) is 3. The number of fused-ring (bicyclic) bond motifs is 1. The normalized spacial score (nSPS) is 12.9. The van der Waals surface area contributed by atoms with Crippen LogP contribution in [0.5, 0.6) is 0 Å².